The summed E-state index contributed by atoms with van der Waals surface area (Å²) in [7, 11) is -1.91. The average Bonchev–Trinajstić information content (AvgIpc) is 2.49. The fraction of sp³-hybridized carbons (Fsp3) is 0.333. The van der Waals surface area contributed by atoms with Crippen molar-refractivity contribution in [3.8, 4) is 5.75 Å². The molecule has 0 spiro atoms. The van der Waals surface area contributed by atoms with Gasteiger partial charge < -0.3 is 0 Å². The van der Waals surface area contributed by atoms with E-state index in [-0.39, 0.29) is 0 Å². The van der Waals surface area contributed by atoms with E-state index in [1.807, 2.05) is 6.07 Å². The van der Waals surface area contributed by atoms with Gasteiger partial charge in [-0.2, -0.15) is 0 Å². The second kappa shape index (κ2) is 7.45. The predicted molar refractivity (Wildman–Crippen MR) is 91.8 cm³/mol. The zero-order chi connectivity index (χ0) is 14.3. The summed E-state index contributed by atoms with van der Waals surface area (Å²) in [4.78, 5) is 0. The molecule has 1 nitrogen and oxygen atoms in total. The third-order valence-electron chi connectivity index (χ3n) is 3.66. The van der Waals surface area contributed by atoms with E-state index in [4.69, 9.17) is 4.52 Å². The standard InChI is InChI=1S/C18H25OP/c1-3-15-20(16-4-2,18-13-9-6-10-14-18)19-17-11-7-5-8-12-17/h5-14,20H,3-4,15-16H2,1-2H3. The van der Waals surface area contributed by atoms with E-state index >= 15 is 0 Å². The van der Waals surface area contributed by atoms with Crippen LogP contribution in [0.3, 0.4) is 0 Å². The van der Waals surface area contributed by atoms with Crippen LogP contribution >= 0.6 is 7.49 Å². The van der Waals surface area contributed by atoms with Crippen molar-refractivity contribution in [1.82, 2.24) is 0 Å². The van der Waals surface area contributed by atoms with Gasteiger partial charge >= 0.3 is 123 Å². The minimum atomic E-state index is -1.91. The van der Waals surface area contributed by atoms with Gasteiger partial charge in [0.15, 0.2) is 0 Å². The average molecular weight is 288 g/mol. The van der Waals surface area contributed by atoms with E-state index in [2.05, 4.69) is 68.4 Å². The van der Waals surface area contributed by atoms with Gasteiger partial charge in [-0.15, -0.1) is 0 Å². The minimum absolute atomic E-state index is 1.02. The van der Waals surface area contributed by atoms with Crippen LogP contribution in [-0.4, -0.2) is 12.3 Å². The molecule has 0 amide bonds. The molecule has 0 unspecified atom stereocenters. The third-order valence-corrected chi connectivity index (χ3v) is 8.29. The maximum atomic E-state index is 6.61. The monoisotopic (exact) mass is 288 g/mol. The first-order valence-electron chi connectivity index (χ1n) is 7.60. The summed E-state index contributed by atoms with van der Waals surface area (Å²) in [5.41, 5.74) is 0. The van der Waals surface area contributed by atoms with Crippen LogP contribution in [0.15, 0.2) is 60.7 Å². The molecule has 0 atom stereocenters. The van der Waals surface area contributed by atoms with E-state index in [0.717, 1.165) is 5.75 Å². The zero-order valence-corrected chi connectivity index (χ0v) is 13.5. The molecule has 0 aliphatic rings. The van der Waals surface area contributed by atoms with Crippen LogP contribution in [0, 0.1) is 0 Å². The molecule has 0 heterocycles. The molecule has 0 aliphatic heterocycles. The Morgan fingerprint density at radius 1 is 0.750 bits per heavy atom. The molecule has 2 heteroatoms. The van der Waals surface area contributed by atoms with Crippen molar-refractivity contribution in [3.05, 3.63) is 60.7 Å². The van der Waals surface area contributed by atoms with Gasteiger partial charge in [0, 0.05) is 0 Å². The molecule has 0 aliphatic carbocycles. The number of hydrogen-bond donors (Lipinski definition) is 0. The molecule has 0 radical (unpaired) electrons. The molecular formula is C18H25OP. The molecule has 0 aromatic heterocycles. The molecule has 0 saturated carbocycles. The van der Waals surface area contributed by atoms with Gasteiger partial charge in [-0.1, -0.05) is 0 Å². The molecule has 0 N–H and O–H groups in total. The van der Waals surface area contributed by atoms with Crippen molar-refractivity contribution in [1.29, 1.82) is 0 Å². The van der Waals surface area contributed by atoms with Crippen LogP contribution in [0.2, 0.25) is 0 Å². The molecule has 0 fully saturated rings. The number of para-hydroxylation sites is 1. The van der Waals surface area contributed by atoms with Crippen molar-refractivity contribution in [2.24, 2.45) is 0 Å². The van der Waals surface area contributed by atoms with Crippen molar-refractivity contribution < 1.29 is 4.52 Å². The number of benzene rings is 2. The van der Waals surface area contributed by atoms with E-state index in [1.54, 1.807) is 0 Å². The summed E-state index contributed by atoms with van der Waals surface area (Å²) in [5.74, 6) is 1.02. The van der Waals surface area contributed by atoms with Crippen molar-refractivity contribution in [2.75, 3.05) is 12.3 Å². The van der Waals surface area contributed by atoms with Gasteiger partial charge in [0.25, 0.3) is 0 Å². The Hall–Kier alpha value is -1.33. The fourth-order valence-electron chi connectivity index (χ4n) is 2.84. The molecular weight excluding hydrogens is 263 g/mol. The molecule has 0 saturated heterocycles. The van der Waals surface area contributed by atoms with Gasteiger partial charge in [0.05, 0.1) is 0 Å². The van der Waals surface area contributed by atoms with E-state index in [9.17, 15) is 0 Å². The van der Waals surface area contributed by atoms with E-state index in [0.29, 0.717) is 0 Å². The van der Waals surface area contributed by atoms with Crippen LogP contribution in [0.1, 0.15) is 26.7 Å². The van der Waals surface area contributed by atoms with Gasteiger partial charge in [0.2, 0.25) is 0 Å². The van der Waals surface area contributed by atoms with Crippen molar-refractivity contribution >= 4 is 12.8 Å². The van der Waals surface area contributed by atoms with Crippen LogP contribution in [0.5, 0.6) is 5.75 Å². The van der Waals surface area contributed by atoms with Gasteiger partial charge in [-0.3, -0.25) is 0 Å². The first-order valence-corrected chi connectivity index (χ1v) is 9.92. The van der Waals surface area contributed by atoms with E-state index in [1.165, 1.54) is 30.5 Å². The second-order valence-corrected chi connectivity index (χ2v) is 9.05. The molecule has 2 rings (SSSR count). The summed E-state index contributed by atoms with van der Waals surface area (Å²) in [5, 5.41) is 1.42. The SMILES string of the molecule is CCC[PH](CCC)(Oc1ccccc1)c1ccccc1. The molecule has 20 heavy (non-hydrogen) atoms. The van der Waals surface area contributed by atoms with E-state index < -0.39 is 7.49 Å². The summed E-state index contributed by atoms with van der Waals surface area (Å²) in [6.45, 7) is 4.52. The Morgan fingerprint density at radius 3 is 1.75 bits per heavy atom. The topological polar surface area (TPSA) is 9.23 Å². The predicted octanol–water partition coefficient (Wildman–Crippen LogP) is 4.88. The first kappa shape index (κ1) is 15.1. The Balaban J connectivity index is 2.36. The molecule has 0 bridgehead atoms. The quantitative estimate of drug-likeness (QED) is 0.660. The second-order valence-electron chi connectivity index (χ2n) is 5.28. The van der Waals surface area contributed by atoms with Crippen molar-refractivity contribution in [2.45, 2.75) is 26.7 Å². The summed E-state index contributed by atoms with van der Waals surface area (Å²) < 4.78 is 6.61. The summed E-state index contributed by atoms with van der Waals surface area (Å²) in [6, 6.07) is 21.2. The Bertz CT molecular complexity index is 489. The van der Waals surface area contributed by atoms with Gasteiger partial charge in [-0.05, 0) is 0 Å². The fourth-order valence-corrected chi connectivity index (χ4v) is 6.99. The van der Waals surface area contributed by atoms with Crippen molar-refractivity contribution in [3.63, 3.8) is 0 Å². The van der Waals surface area contributed by atoms with Crippen LogP contribution < -0.4 is 9.83 Å². The summed E-state index contributed by atoms with van der Waals surface area (Å²) in [6.07, 6.45) is 4.71. The van der Waals surface area contributed by atoms with Crippen LogP contribution in [0.4, 0.5) is 0 Å². The number of rotatable bonds is 7. The van der Waals surface area contributed by atoms with Gasteiger partial charge in [-0.25, -0.2) is 0 Å². The molecule has 2 aromatic carbocycles. The normalized spacial score (nSPS) is 12.1. The Labute approximate surface area is 123 Å². The van der Waals surface area contributed by atoms with Crippen LogP contribution in [0.25, 0.3) is 0 Å². The Morgan fingerprint density at radius 2 is 1.25 bits per heavy atom. The zero-order valence-electron chi connectivity index (χ0n) is 12.5. The summed E-state index contributed by atoms with van der Waals surface area (Å²) >= 11 is 0. The molecule has 2 aromatic rings. The molecule has 108 valence electrons. The maximum absolute atomic E-state index is 6.61. The van der Waals surface area contributed by atoms with Gasteiger partial charge in [0.1, 0.15) is 0 Å². The Kier molecular flexibility index (Phi) is 5.61. The third kappa shape index (κ3) is 3.61. The van der Waals surface area contributed by atoms with Crippen LogP contribution in [-0.2, 0) is 0 Å². The first-order chi connectivity index (χ1) is 9.80. The number of hydrogen-bond acceptors (Lipinski definition) is 1.